The molecule has 0 N–H and O–H groups in total. The molecule has 0 aliphatic rings. The van der Waals surface area contributed by atoms with E-state index in [0.29, 0.717) is 11.5 Å². The molecule has 2 nitrogen and oxygen atoms in total. The quantitative estimate of drug-likeness (QED) is 0.547. The minimum absolute atomic E-state index is 0.342. The Morgan fingerprint density at radius 3 is 2.19 bits per heavy atom. The van der Waals surface area contributed by atoms with Crippen molar-refractivity contribution in [2.75, 3.05) is 25.4 Å². The van der Waals surface area contributed by atoms with Gasteiger partial charge in [-0.25, -0.2) is 0 Å². The molecular weight excluding hydrogens is 218 g/mol. The second-order valence-corrected chi connectivity index (χ2v) is 5.41. The normalized spacial score (nSPS) is 15.4. The molecule has 0 bridgehead atoms. The number of ether oxygens (including phenoxy) is 1. The Bertz CT molecular complexity index is 151. The molecule has 98 valence electrons. The molecule has 0 saturated heterocycles. The van der Waals surface area contributed by atoms with Gasteiger partial charge < -0.3 is 9.64 Å². The molecule has 0 fully saturated rings. The molecule has 2 unspecified atom stereocenters. The molecule has 16 heavy (non-hydrogen) atoms. The van der Waals surface area contributed by atoms with Crippen LogP contribution < -0.4 is 0 Å². The Labute approximate surface area is 106 Å². The number of hydrogen-bond acceptors (Lipinski definition) is 3. The maximum Gasteiger partial charge on any atom is 0.116 e. The van der Waals surface area contributed by atoms with Gasteiger partial charge in [0, 0.05) is 6.54 Å². The summed E-state index contributed by atoms with van der Waals surface area (Å²) in [5.74, 6) is 1.20. The Hall–Kier alpha value is 0.270. The van der Waals surface area contributed by atoms with E-state index in [-0.39, 0.29) is 0 Å². The molecule has 0 rings (SSSR count). The summed E-state index contributed by atoms with van der Waals surface area (Å²) in [5, 5.41) is 0. The van der Waals surface area contributed by atoms with Crippen molar-refractivity contribution in [1.82, 2.24) is 4.90 Å². The zero-order valence-electron chi connectivity index (χ0n) is 11.7. The third-order valence-electron chi connectivity index (χ3n) is 2.77. The highest BCUT2D eigenvalue weighted by molar-refractivity contribution is 7.99. The Morgan fingerprint density at radius 1 is 1.12 bits per heavy atom. The van der Waals surface area contributed by atoms with Crippen molar-refractivity contribution in [2.24, 2.45) is 0 Å². The van der Waals surface area contributed by atoms with Gasteiger partial charge in [-0.15, -0.1) is 11.8 Å². The van der Waals surface area contributed by atoms with Gasteiger partial charge in [-0.3, -0.25) is 0 Å². The first-order valence-electron chi connectivity index (χ1n) is 6.67. The lowest BCUT2D eigenvalue weighted by Crippen LogP contribution is -2.34. The van der Waals surface area contributed by atoms with Crippen LogP contribution in [0.1, 0.15) is 47.5 Å². The Morgan fingerprint density at radius 2 is 1.75 bits per heavy atom. The number of rotatable bonds is 10. The van der Waals surface area contributed by atoms with Crippen molar-refractivity contribution >= 4 is 11.8 Å². The first-order valence-corrected chi connectivity index (χ1v) is 7.72. The fourth-order valence-corrected chi connectivity index (χ4v) is 2.52. The van der Waals surface area contributed by atoms with Gasteiger partial charge in [0.15, 0.2) is 0 Å². The summed E-state index contributed by atoms with van der Waals surface area (Å²) in [6.07, 6.45) is 2.70. The van der Waals surface area contributed by atoms with E-state index in [2.05, 4.69) is 39.5 Å². The van der Waals surface area contributed by atoms with Crippen molar-refractivity contribution in [1.29, 1.82) is 0 Å². The fraction of sp³-hybridized carbons (Fsp3) is 1.00. The number of hydrogen-bond donors (Lipinski definition) is 0. The standard InChI is InChI=1S/C13H29NOS/c1-6-10-16-13(15-12(5)7-2)11-14(8-3)9-4/h12-13H,6-11H2,1-5H3. The van der Waals surface area contributed by atoms with E-state index in [9.17, 15) is 0 Å². The van der Waals surface area contributed by atoms with E-state index in [4.69, 9.17) is 4.74 Å². The topological polar surface area (TPSA) is 12.5 Å². The summed E-state index contributed by atoms with van der Waals surface area (Å²) in [7, 11) is 0. The number of thioether (sulfide) groups is 1. The summed E-state index contributed by atoms with van der Waals surface area (Å²) in [6.45, 7) is 14.3. The molecule has 0 aromatic heterocycles. The van der Waals surface area contributed by atoms with Gasteiger partial charge in [0.05, 0.1) is 6.10 Å². The highest BCUT2D eigenvalue weighted by atomic mass is 32.2. The van der Waals surface area contributed by atoms with Crippen molar-refractivity contribution in [2.45, 2.75) is 59.0 Å². The maximum atomic E-state index is 6.06. The van der Waals surface area contributed by atoms with Crippen LogP contribution in [0, 0.1) is 0 Å². The van der Waals surface area contributed by atoms with E-state index in [0.717, 1.165) is 26.1 Å². The van der Waals surface area contributed by atoms with Crippen LogP contribution in [0.15, 0.2) is 0 Å². The van der Waals surface area contributed by atoms with Gasteiger partial charge >= 0.3 is 0 Å². The van der Waals surface area contributed by atoms with Gasteiger partial charge in [0.1, 0.15) is 5.44 Å². The van der Waals surface area contributed by atoms with Crippen LogP contribution in [-0.2, 0) is 4.74 Å². The van der Waals surface area contributed by atoms with E-state index in [1.807, 2.05) is 11.8 Å². The highest BCUT2D eigenvalue weighted by Gasteiger charge is 2.15. The van der Waals surface area contributed by atoms with Gasteiger partial charge in [-0.2, -0.15) is 0 Å². The lowest BCUT2D eigenvalue weighted by atomic mass is 10.3. The third-order valence-corrected chi connectivity index (χ3v) is 4.04. The zero-order valence-corrected chi connectivity index (χ0v) is 12.5. The average molecular weight is 247 g/mol. The molecule has 0 amide bonds. The van der Waals surface area contributed by atoms with Crippen LogP contribution in [0.4, 0.5) is 0 Å². The summed E-state index contributed by atoms with van der Waals surface area (Å²) >= 11 is 1.96. The molecule has 0 aliphatic carbocycles. The maximum absolute atomic E-state index is 6.06. The predicted octanol–water partition coefficient (Wildman–Crippen LogP) is 3.61. The SMILES string of the molecule is CCCSC(CN(CC)CC)OC(C)CC. The molecule has 2 atom stereocenters. The molecule has 0 spiro atoms. The van der Waals surface area contributed by atoms with Crippen molar-refractivity contribution in [3.8, 4) is 0 Å². The highest BCUT2D eigenvalue weighted by Crippen LogP contribution is 2.18. The first kappa shape index (κ1) is 16.3. The second-order valence-electron chi connectivity index (χ2n) is 4.14. The number of likely N-dealkylation sites (N-methyl/N-ethyl adjacent to an activating group) is 1. The summed E-state index contributed by atoms with van der Waals surface area (Å²) in [6, 6.07) is 0. The van der Waals surface area contributed by atoms with Gasteiger partial charge in [0.2, 0.25) is 0 Å². The molecule has 0 aromatic carbocycles. The molecule has 0 heterocycles. The smallest absolute Gasteiger partial charge is 0.116 e. The lowest BCUT2D eigenvalue weighted by molar-refractivity contribution is 0.0275. The summed E-state index contributed by atoms with van der Waals surface area (Å²) in [5.41, 5.74) is 0.342. The van der Waals surface area contributed by atoms with Crippen LogP contribution in [-0.4, -0.2) is 41.8 Å². The second kappa shape index (κ2) is 10.4. The molecule has 0 aromatic rings. The lowest BCUT2D eigenvalue weighted by Gasteiger charge is -2.27. The largest absolute Gasteiger partial charge is 0.363 e. The first-order chi connectivity index (χ1) is 7.67. The van der Waals surface area contributed by atoms with Crippen LogP contribution in [0.2, 0.25) is 0 Å². The van der Waals surface area contributed by atoms with Crippen molar-refractivity contribution < 1.29 is 4.74 Å². The molecule has 0 aliphatic heterocycles. The molecule has 0 saturated carbocycles. The minimum atomic E-state index is 0.342. The minimum Gasteiger partial charge on any atom is -0.363 e. The van der Waals surface area contributed by atoms with Crippen molar-refractivity contribution in [3.63, 3.8) is 0 Å². The van der Waals surface area contributed by atoms with Crippen LogP contribution >= 0.6 is 11.8 Å². The van der Waals surface area contributed by atoms with Crippen LogP contribution in [0.3, 0.4) is 0 Å². The number of nitrogens with zero attached hydrogens (tertiary/aromatic N) is 1. The third kappa shape index (κ3) is 7.53. The van der Waals surface area contributed by atoms with Crippen molar-refractivity contribution in [3.05, 3.63) is 0 Å². The van der Waals surface area contributed by atoms with E-state index >= 15 is 0 Å². The van der Waals surface area contributed by atoms with Gasteiger partial charge in [0.25, 0.3) is 0 Å². The fourth-order valence-electron chi connectivity index (χ4n) is 1.43. The summed E-state index contributed by atoms with van der Waals surface area (Å²) in [4.78, 5) is 2.44. The molecule has 0 radical (unpaired) electrons. The summed E-state index contributed by atoms with van der Waals surface area (Å²) < 4.78 is 6.06. The average Bonchev–Trinajstić information content (AvgIpc) is 2.32. The van der Waals surface area contributed by atoms with Gasteiger partial charge in [-0.05, 0) is 38.6 Å². The zero-order chi connectivity index (χ0) is 12.4. The van der Waals surface area contributed by atoms with Gasteiger partial charge in [-0.1, -0.05) is 27.7 Å². The predicted molar refractivity (Wildman–Crippen MR) is 75.2 cm³/mol. The van der Waals surface area contributed by atoms with E-state index < -0.39 is 0 Å². The Kier molecular flexibility index (Phi) is 10.6. The Balaban J connectivity index is 4.07. The monoisotopic (exact) mass is 247 g/mol. The van der Waals surface area contributed by atoms with E-state index in [1.54, 1.807) is 0 Å². The van der Waals surface area contributed by atoms with Crippen LogP contribution in [0.25, 0.3) is 0 Å². The molecule has 3 heteroatoms. The van der Waals surface area contributed by atoms with Crippen LogP contribution in [0.5, 0.6) is 0 Å². The van der Waals surface area contributed by atoms with E-state index in [1.165, 1.54) is 12.2 Å². The molecular formula is C13H29NOS.